The van der Waals surface area contributed by atoms with Crippen molar-refractivity contribution in [2.24, 2.45) is 5.92 Å². The molecule has 4 atom stereocenters. The molecule has 7 nitrogen and oxygen atoms in total. The fourth-order valence-corrected chi connectivity index (χ4v) is 3.46. The molecule has 0 aromatic heterocycles. The number of ketones is 1. The van der Waals surface area contributed by atoms with Crippen molar-refractivity contribution in [3.63, 3.8) is 0 Å². The highest BCUT2D eigenvalue weighted by Crippen LogP contribution is 2.42. The molecule has 3 aliphatic heterocycles. The van der Waals surface area contributed by atoms with Crippen LogP contribution in [0.5, 0.6) is 0 Å². The molecule has 1 saturated heterocycles. The largest absolute Gasteiger partial charge is 0.479 e. The molecule has 0 amide bonds. The van der Waals surface area contributed by atoms with E-state index in [2.05, 4.69) is 6.58 Å². The quantitative estimate of drug-likeness (QED) is 0.591. The molecule has 144 valence electrons. The SMILES string of the molecule is C=C1C(=O)OC2/C=C(/CO)C3=CC(=O)[C@@](C)(C[C@@H](OC(=O)C(C)=CC)[C@@H]12)O3. The summed E-state index contributed by atoms with van der Waals surface area (Å²) in [5, 5.41) is 9.70. The van der Waals surface area contributed by atoms with Gasteiger partial charge in [-0.25, -0.2) is 9.59 Å². The number of esters is 2. The molecule has 0 spiro atoms. The molecule has 1 fully saturated rings. The number of rotatable bonds is 3. The van der Waals surface area contributed by atoms with Gasteiger partial charge in [-0.1, -0.05) is 12.7 Å². The lowest BCUT2D eigenvalue weighted by atomic mass is 9.82. The van der Waals surface area contributed by atoms with Crippen molar-refractivity contribution in [2.75, 3.05) is 6.61 Å². The maximum absolute atomic E-state index is 12.5. The monoisotopic (exact) mass is 374 g/mol. The van der Waals surface area contributed by atoms with Crippen molar-refractivity contribution >= 4 is 17.7 Å². The van der Waals surface area contributed by atoms with Crippen molar-refractivity contribution in [1.29, 1.82) is 0 Å². The van der Waals surface area contributed by atoms with Gasteiger partial charge >= 0.3 is 11.9 Å². The van der Waals surface area contributed by atoms with E-state index < -0.39 is 42.3 Å². The molecule has 3 aliphatic rings. The van der Waals surface area contributed by atoms with E-state index in [1.165, 1.54) is 12.2 Å². The van der Waals surface area contributed by atoms with Gasteiger partial charge in [-0.05, 0) is 26.8 Å². The Morgan fingerprint density at radius 3 is 2.81 bits per heavy atom. The van der Waals surface area contributed by atoms with E-state index in [9.17, 15) is 19.5 Å². The highest BCUT2D eigenvalue weighted by molar-refractivity contribution is 6.00. The maximum Gasteiger partial charge on any atom is 0.334 e. The second-order valence-electron chi connectivity index (χ2n) is 7.10. The topological polar surface area (TPSA) is 99.1 Å². The number of aliphatic hydroxyl groups is 1. The van der Waals surface area contributed by atoms with Gasteiger partial charge in [0.1, 0.15) is 18.0 Å². The molecule has 0 aliphatic carbocycles. The van der Waals surface area contributed by atoms with E-state index in [-0.39, 0.29) is 23.5 Å². The van der Waals surface area contributed by atoms with Crippen LogP contribution in [-0.4, -0.2) is 47.2 Å². The van der Waals surface area contributed by atoms with Crippen molar-refractivity contribution in [1.82, 2.24) is 0 Å². The number of ether oxygens (including phenoxy) is 3. The number of hydrogen-bond donors (Lipinski definition) is 1. The maximum atomic E-state index is 12.5. The predicted molar refractivity (Wildman–Crippen MR) is 94.2 cm³/mol. The van der Waals surface area contributed by atoms with Crippen LogP contribution in [0.15, 0.2) is 47.3 Å². The van der Waals surface area contributed by atoms with Crippen LogP contribution in [0.1, 0.15) is 27.2 Å². The molecule has 7 heteroatoms. The van der Waals surface area contributed by atoms with E-state index in [1.807, 2.05) is 0 Å². The second-order valence-corrected chi connectivity index (χ2v) is 7.10. The zero-order valence-corrected chi connectivity index (χ0v) is 15.5. The van der Waals surface area contributed by atoms with Crippen molar-refractivity contribution in [3.8, 4) is 0 Å². The van der Waals surface area contributed by atoms with Gasteiger partial charge in [0.05, 0.1) is 12.5 Å². The van der Waals surface area contributed by atoms with Crippen LogP contribution in [0.2, 0.25) is 0 Å². The predicted octanol–water partition coefficient (Wildman–Crippen LogP) is 1.53. The Morgan fingerprint density at radius 1 is 1.48 bits per heavy atom. The van der Waals surface area contributed by atoms with Gasteiger partial charge in [0.2, 0.25) is 5.78 Å². The molecular formula is C20H22O7. The first kappa shape index (κ1) is 19.1. The molecule has 0 aromatic carbocycles. The first-order valence-corrected chi connectivity index (χ1v) is 8.71. The Bertz CT molecular complexity index is 816. The Hall–Kier alpha value is -2.67. The summed E-state index contributed by atoms with van der Waals surface area (Å²) >= 11 is 0. The zero-order chi connectivity index (χ0) is 19.9. The number of carbonyl (C=O) groups is 3. The van der Waals surface area contributed by atoms with E-state index >= 15 is 0 Å². The molecule has 0 aromatic rings. The average Bonchev–Trinajstić information content (AvgIpc) is 3.08. The average molecular weight is 374 g/mol. The summed E-state index contributed by atoms with van der Waals surface area (Å²) in [6, 6.07) is 0. The van der Waals surface area contributed by atoms with Crippen molar-refractivity contribution in [3.05, 3.63) is 47.3 Å². The van der Waals surface area contributed by atoms with Crippen molar-refractivity contribution in [2.45, 2.75) is 45.0 Å². The number of fused-ring (bicyclic) bond motifs is 3. The van der Waals surface area contributed by atoms with Gasteiger partial charge in [-0.15, -0.1) is 0 Å². The molecule has 0 radical (unpaired) electrons. The second kappa shape index (κ2) is 6.81. The Balaban J connectivity index is 2.07. The fourth-order valence-electron chi connectivity index (χ4n) is 3.46. The Kier molecular flexibility index (Phi) is 4.82. The van der Waals surface area contributed by atoms with Crippen LogP contribution in [0.25, 0.3) is 0 Å². The highest BCUT2D eigenvalue weighted by Gasteiger charge is 2.52. The minimum Gasteiger partial charge on any atom is -0.479 e. The third-order valence-corrected chi connectivity index (χ3v) is 5.24. The van der Waals surface area contributed by atoms with Crippen LogP contribution >= 0.6 is 0 Å². The van der Waals surface area contributed by atoms with Crippen LogP contribution in [0, 0.1) is 5.92 Å². The lowest BCUT2D eigenvalue weighted by Crippen LogP contribution is -2.42. The summed E-state index contributed by atoms with van der Waals surface area (Å²) < 4.78 is 16.8. The smallest absolute Gasteiger partial charge is 0.334 e. The standard InChI is InChI=1S/C20H22O7/c1-5-10(2)18(23)26-15-8-20(4)16(22)7-13(27-20)12(9-21)6-14-17(15)11(3)19(24)25-14/h5-7,14-15,17,21H,3,8-9H2,1-2,4H3/b10-5?,12-6-/t14?,15-,17+,20-/m1/s1. The molecule has 3 rings (SSSR count). The minimum atomic E-state index is -1.28. The summed E-state index contributed by atoms with van der Waals surface area (Å²) in [6.07, 6.45) is 2.83. The normalized spacial score (nSPS) is 35.0. The summed E-state index contributed by atoms with van der Waals surface area (Å²) in [6.45, 7) is 8.31. The summed E-state index contributed by atoms with van der Waals surface area (Å²) in [5.74, 6) is -1.90. The number of allylic oxidation sites excluding steroid dienone is 1. The first-order valence-electron chi connectivity index (χ1n) is 8.71. The highest BCUT2D eigenvalue weighted by atomic mass is 16.6. The van der Waals surface area contributed by atoms with Crippen LogP contribution in [-0.2, 0) is 28.6 Å². The molecule has 3 heterocycles. The number of hydrogen-bond acceptors (Lipinski definition) is 7. The molecule has 27 heavy (non-hydrogen) atoms. The molecule has 1 unspecified atom stereocenters. The summed E-state index contributed by atoms with van der Waals surface area (Å²) in [4.78, 5) is 37.0. The van der Waals surface area contributed by atoms with Gasteiger partial charge in [0, 0.05) is 29.2 Å². The van der Waals surface area contributed by atoms with Crippen LogP contribution in [0.4, 0.5) is 0 Å². The lowest BCUT2D eigenvalue weighted by Gasteiger charge is -2.31. The Morgan fingerprint density at radius 2 is 2.19 bits per heavy atom. The molecule has 0 saturated carbocycles. The van der Waals surface area contributed by atoms with Crippen LogP contribution in [0.3, 0.4) is 0 Å². The number of aliphatic hydroxyl groups excluding tert-OH is 1. The van der Waals surface area contributed by atoms with Gasteiger partial charge in [0.25, 0.3) is 0 Å². The summed E-state index contributed by atoms with van der Waals surface area (Å²) in [5.41, 5.74) is -0.385. The fraction of sp³-hybridized carbons (Fsp3) is 0.450. The zero-order valence-electron chi connectivity index (χ0n) is 15.5. The van der Waals surface area contributed by atoms with Gasteiger partial charge in [-0.2, -0.15) is 0 Å². The lowest BCUT2D eigenvalue weighted by molar-refractivity contribution is -0.153. The van der Waals surface area contributed by atoms with E-state index in [0.717, 1.165) is 0 Å². The van der Waals surface area contributed by atoms with Gasteiger partial charge in [-0.3, -0.25) is 4.79 Å². The number of carbonyl (C=O) groups excluding carboxylic acids is 3. The van der Waals surface area contributed by atoms with Gasteiger partial charge < -0.3 is 19.3 Å². The third-order valence-electron chi connectivity index (χ3n) is 5.24. The molecule has 2 bridgehead atoms. The minimum absolute atomic E-state index is 0.0257. The van der Waals surface area contributed by atoms with E-state index in [4.69, 9.17) is 14.2 Å². The third kappa shape index (κ3) is 3.23. The van der Waals surface area contributed by atoms with Crippen molar-refractivity contribution < 1.29 is 33.7 Å². The first-order chi connectivity index (χ1) is 12.7. The van der Waals surface area contributed by atoms with Crippen LogP contribution < -0.4 is 0 Å². The van der Waals surface area contributed by atoms with Gasteiger partial charge in [0.15, 0.2) is 5.60 Å². The molecular weight excluding hydrogens is 352 g/mol. The van der Waals surface area contributed by atoms with E-state index in [0.29, 0.717) is 11.1 Å². The summed E-state index contributed by atoms with van der Waals surface area (Å²) in [7, 11) is 0. The molecule has 1 N–H and O–H groups in total. The Labute approximate surface area is 157 Å². The van der Waals surface area contributed by atoms with E-state index in [1.54, 1.807) is 26.8 Å².